The van der Waals surface area contributed by atoms with Gasteiger partial charge in [-0.25, -0.2) is 0 Å². The summed E-state index contributed by atoms with van der Waals surface area (Å²) in [5.41, 5.74) is 2.67. The summed E-state index contributed by atoms with van der Waals surface area (Å²) in [6.07, 6.45) is 8.09. The van der Waals surface area contributed by atoms with Crippen molar-refractivity contribution >= 4 is 17.9 Å². The van der Waals surface area contributed by atoms with Gasteiger partial charge < -0.3 is 19.7 Å². The zero-order valence-corrected chi connectivity index (χ0v) is 18.7. The third-order valence-corrected chi connectivity index (χ3v) is 5.69. The second-order valence-electron chi connectivity index (χ2n) is 8.40. The Morgan fingerprint density at radius 2 is 1.81 bits per heavy atom. The van der Waals surface area contributed by atoms with Crippen molar-refractivity contribution in [2.75, 3.05) is 13.7 Å². The lowest BCUT2D eigenvalue weighted by molar-refractivity contribution is -0.134. The summed E-state index contributed by atoms with van der Waals surface area (Å²) in [5, 5.41) is 2.99. The molecule has 0 radical (unpaired) electrons. The molecule has 0 bridgehead atoms. The van der Waals surface area contributed by atoms with Gasteiger partial charge in [0, 0.05) is 24.2 Å². The van der Waals surface area contributed by atoms with Gasteiger partial charge in [-0.1, -0.05) is 30.4 Å². The normalized spacial score (nSPS) is 15.4. The first-order valence-electron chi connectivity index (χ1n) is 11.2. The quantitative estimate of drug-likeness (QED) is 0.609. The van der Waals surface area contributed by atoms with Crippen LogP contribution in [0, 0.1) is 0 Å². The molecule has 6 heteroatoms. The Balaban J connectivity index is 1.36. The van der Waals surface area contributed by atoms with Crippen LogP contribution < -0.4 is 14.8 Å². The van der Waals surface area contributed by atoms with Gasteiger partial charge >= 0.3 is 0 Å². The molecule has 2 saturated carbocycles. The molecule has 1 N–H and O–H groups in total. The Kier molecular flexibility index (Phi) is 6.78. The van der Waals surface area contributed by atoms with E-state index in [0.717, 1.165) is 36.8 Å². The van der Waals surface area contributed by atoms with Crippen molar-refractivity contribution < 1.29 is 19.1 Å². The van der Waals surface area contributed by atoms with E-state index < -0.39 is 0 Å². The SMILES string of the molecule is C/C=C/c1ccc(OCC(=O)N(Cc2ccc(C(=O)NC3CC3)cc2)C2CC2)c(OC)c1. The summed E-state index contributed by atoms with van der Waals surface area (Å²) >= 11 is 0. The maximum Gasteiger partial charge on any atom is 0.261 e. The molecule has 2 fully saturated rings. The van der Waals surface area contributed by atoms with Crippen molar-refractivity contribution in [1.29, 1.82) is 0 Å². The lowest BCUT2D eigenvalue weighted by Gasteiger charge is -2.23. The molecule has 6 nitrogen and oxygen atoms in total. The molecule has 4 rings (SSSR count). The van der Waals surface area contributed by atoms with Crippen LogP contribution in [0.1, 0.15) is 54.1 Å². The fourth-order valence-electron chi connectivity index (χ4n) is 3.58. The van der Waals surface area contributed by atoms with Crippen LogP contribution in [0.25, 0.3) is 6.08 Å². The van der Waals surface area contributed by atoms with Gasteiger partial charge in [-0.2, -0.15) is 0 Å². The van der Waals surface area contributed by atoms with E-state index in [9.17, 15) is 9.59 Å². The van der Waals surface area contributed by atoms with Gasteiger partial charge in [0.05, 0.1) is 7.11 Å². The number of amides is 2. The van der Waals surface area contributed by atoms with E-state index >= 15 is 0 Å². The molecule has 0 unspecified atom stereocenters. The Labute approximate surface area is 189 Å². The lowest BCUT2D eigenvalue weighted by Crippen LogP contribution is -2.36. The molecule has 2 aliphatic carbocycles. The van der Waals surface area contributed by atoms with Gasteiger partial charge in [0.2, 0.25) is 0 Å². The molecule has 32 heavy (non-hydrogen) atoms. The van der Waals surface area contributed by atoms with Gasteiger partial charge in [-0.05, 0) is 68.0 Å². The highest BCUT2D eigenvalue weighted by Crippen LogP contribution is 2.31. The van der Waals surface area contributed by atoms with E-state index in [0.29, 0.717) is 29.6 Å². The minimum absolute atomic E-state index is 0.0306. The van der Waals surface area contributed by atoms with E-state index in [1.165, 1.54) is 0 Å². The molecule has 168 valence electrons. The lowest BCUT2D eigenvalue weighted by atomic mass is 10.1. The van der Waals surface area contributed by atoms with Crippen molar-refractivity contribution in [3.05, 3.63) is 65.2 Å². The van der Waals surface area contributed by atoms with Crippen molar-refractivity contribution in [3.63, 3.8) is 0 Å². The van der Waals surface area contributed by atoms with Crippen molar-refractivity contribution in [2.24, 2.45) is 0 Å². The highest BCUT2D eigenvalue weighted by atomic mass is 16.5. The number of carbonyl (C=O) groups is 2. The van der Waals surface area contributed by atoms with Crippen molar-refractivity contribution in [2.45, 2.75) is 51.2 Å². The first-order valence-corrected chi connectivity index (χ1v) is 11.2. The van der Waals surface area contributed by atoms with Gasteiger partial charge in [0.25, 0.3) is 11.8 Å². The Hall–Kier alpha value is -3.28. The summed E-state index contributed by atoms with van der Waals surface area (Å²) in [6.45, 7) is 2.42. The van der Waals surface area contributed by atoms with Crippen LogP contribution in [0.3, 0.4) is 0 Å². The van der Waals surface area contributed by atoms with E-state index in [1.54, 1.807) is 7.11 Å². The van der Waals surface area contributed by atoms with Crippen molar-refractivity contribution in [3.8, 4) is 11.5 Å². The summed E-state index contributed by atoms with van der Waals surface area (Å²) in [4.78, 5) is 27.0. The molecule has 0 aliphatic heterocycles. The fraction of sp³-hybridized carbons (Fsp3) is 0.385. The Morgan fingerprint density at radius 1 is 1.06 bits per heavy atom. The Morgan fingerprint density at radius 3 is 2.44 bits per heavy atom. The smallest absolute Gasteiger partial charge is 0.261 e. The molecule has 2 amide bonds. The van der Waals surface area contributed by atoms with Crippen LogP contribution in [0.2, 0.25) is 0 Å². The number of allylic oxidation sites excluding steroid dienone is 1. The topological polar surface area (TPSA) is 67.9 Å². The van der Waals surface area contributed by atoms with E-state index in [4.69, 9.17) is 9.47 Å². The van der Waals surface area contributed by atoms with Crippen LogP contribution in [0.4, 0.5) is 0 Å². The Bertz CT molecular complexity index is 991. The maximum atomic E-state index is 13.0. The number of carbonyl (C=O) groups excluding carboxylic acids is 2. The molecule has 0 saturated heterocycles. The number of rotatable bonds is 10. The zero-order chi connectivity index (χ0) is 22.5. The number of nitrogens with one attached hydrogen (secondary N) is 1. The molecule has 2 aromatic rings. The van der Waals surface area contributed by atoms with Crippen LogP contribution in [-0.4, -0.2) is 42.5 Å². The summed E-state index contributed by atoms with van der Waals surface area (Å²) in [6, 6.07) is 13.7. The third-order valence-electron chi connectivity index (χ3n) is 5.69. The van der Waals surface area contributed by atoms with Crippen LogP contribution in [0.15, 0.2) is 48.5 Å². The van der Waals surface area contributed by atoms with Crippen LogP contribution in [0.5, 0.6) is 11.5 Å². The van der Waals surface area contributed by atoms with Crippen LogP contribution in [-0.2, 0) is 11.3 Å². The average Bonchev–Trinajstić information content (AvgIpc) is 3.72. The fourth-order valence-corrected chi connectivity index (χ4v) is 3.58. The van der Waals surface area contributed by atoms with E-state index in [1.807, 2.05) is 66.4 Å². The maximum absolute atomic E-state index is 13.0. The number of hydrogen-bond acceptors (Lipinski definition) is 4. The average molecular weight is 435 g/mol. The minimum Gasteiger partial charge on any atom is -0.493 e. The first kappa shape index (κ1) is 21.9. The molecule has 2 aliphatic rings. The highest BCUT2D eigenvalue weighted by Gasteiger charge is 2.33. The number of benzene rings is 2. The summed E-state index contributed by atoms with van der Waals surface area (Å²) in [5.74, 6) is 1.07. The predicted octanol–water partition coefficient (Wildman–Crippen LogP) is 4.19. The number of methoxy groups -OCH3 is 1. The standard InChI is InChI=1S/C26H30N2O4/c1-3-4-18-7-14-23(24(15-18)31-2)32-17-25(29)28(22-12-13-22)16-19-5-8-20(9-6-19)26(30)27-21-10-11-21/h3-9,14-15,21-22H,10-13,16-17H2,1-2H3,(H,27,30)/b4-3+. The second kappa shape index (κ2) is 9.90. The highest BCUT2D eigenvalue weighted by molar-refractivity contribution is 5.94. The van der Waals surface area contributed by atoms with E-state index in [-0.39, 0.29) is 24.5 Å². The largest absolute Gasteiger partial charge is 0.493 e. The zero-order valence-electron chi connectivity index (χ0n) is 18.7. The second-order valence-corrected chi connectivity index (χ2v) is 8.40. The third kappa shape index (κ3) is 5.69. The molecular weight excluding hydrogens is 404 g/mol. The molecule has 0 heterocycles. The predicted molar refractivity (Wildman–Crippen MR) is 124 cm³/mol. The molecule has 0 spiro atoms. The van der Waals surface area contributed by atoms with Gasteiger partial charge in [0.1, 0.15) is 0 Å². The number of nitrogens with zero attached hydrogens (tertiary/aromatic N) is 1. The number of hydrogen-bond donors (Lipinski definition) is 1. The molecule has 0 atom stereocenters. The summed E-state index contributed by atoms with van der Waals surface area (Å²) in [7, 11) is 1.59. The minimum atomic E-state index is -0.0531. The van der Waals surface area contributed by atoms with Gasteiger partial charge in [-0.3, -0.25) is 9.59 Å². The monoisotopic (exact) mass is 434 g/mol. The molecule has 2 aromatic carbocycles. The van der Waals surface area contributed by atoms with Gasteiger partial charge in [-0.15, -0.1) is 0 Å². The van der Waals surface area contributed by atoms with E-state index in [2.05, 4.69) is 5.32 Å². The first-order chi connectivity index (χ1) is 15.6. The number of ether oxygens (including phenoxy) is 2. The van der Waals surface area contributed by atoms with Gasteiger partial charge in [0.15, 0.2) is 18.1 Å². The molecular formula is C26H30N2O4. The van der Waals surface area contributed by atoms with Crippen molar-refractivity contribution in [1.82, 2.24) is 10.2 Å². The summed E-state index contributed by atoms with van der Waals surface area (Å²) < 4.78 is 11.2. The van der Waals surface area contributed by atoms with Crippen LogP contribution >= 0.6 is 0 Å². The molecule has 0 aromatic heterocycles.